The molecule has 0 heterocycles. The van der Waals surface area contributed by atoms with Gasteiger partial charge in [0, 0.05) is 25.0 Å². The first-order chi connectivity index (χ1) is 8.58. The number of hydrogen-bond donors (Lipinski definition) is 1. The molecule has 1 N–H and O–H groups in total. The number of benzene rings is 1. The van der Waals surface area contributed by atoms with Gasteiger partial charge in [0.15, 0.2) is 0 Å². The topological polar surface area (TPSA) is 32.3 Å². The van der Waals surface area contributed by atoms with Gasteiger partial charge < -0.3 is 10.2 Å². The largest absolute Gasteiger partial charge is 0.376 e. The molecule has 0 atom stereocenters. The molecule has 0 bridgehead atoms. The first kappa shape index (κ1) is 13.2. The van der Waals surface area contributed by atoms with Crippen molar-refractivity contribution in [2.24, 2.45) is 5.92 Å². The molecule has 18 heavy (non-hydrogen) atoms. The van der Waals surface area contributed by atoms with Crippen molar-refractivity contribution in [2.75, 3.05) is 24.3 Å². The van der Waals surface area contributed by atoms with Crippen LogP contribution in [0.4, 0.5) is 11.4 Å². The Morgan fingerprint density at radius 3 is 2.61 bits per heavy atom. The van der Waals surface area contributed by atoms with Crippen LogP contribution in [0.15, 0.2) is 18.2 Å². The highest BCUT2D eigenvalue weighted by Gasteiger charge is 2.23. The van der Waals surface area contributed by atoms with Gasteiger partial charge in [0.25, 0.3) is 0 Å². The Kier molecular flexibility index (Phi) is 4.12. The summed E-state index contributed by atoms with van der Waals surface area (Å²) in [6.07, 6.45) is 4.33. The summed E-state index contributed by atoms with van der Waals surface area (Å²) in [5.74, 6) is 0.289. The number of nitrogens with one attached hydrogen (secondary N) is 1. The summed E-state index contributed by atoms with van der Waals surface area (Å²) in [5, 5.41) is 3.65. The van der Waals surface area contributed by atoms with Crippen molar-refractivity contribution < 1.29 is 4.79 Å². The van der Waals surface area contributed by atoms with Crippen LogP contribution in [0.5, 0.6) is 0 Å². The van der Waals surface area contributed by atoms with Gasteiger partial charge in [0.1, 0.15) is 0 Å². The monoisotopic (exact) mass is 266 g/mol. The van der Waals surface area contributed by atoms with Crippen LogP contribution in [0.2, 0.25) is 5.02 Å². The Morgan fingerprint density at radius 2 is 2.00 bits per heavy atom. The van der Waals surface area contributed by atoms with Gasteiger partial charge in [0.05, 0.1) is 11.4 Å². The van der Waals surface area contributed by atoms with Crippen LogP contribution in [-0.2, 0) is 4.79 Å². The van der Waals surface area contributed by atoms with Gasteiger partial charge in [-0.05, 0) is 31.0 Å². The molecule has 0 aromatic heterocycles. The van der Waals surface area contributed by atoms with Crippen molar-refractivity contribution in [3.8, 4) is 0 Å². The molecule has 4 heteroatoms. The molecule has 3 nitrogen and oxygen atoms in total. The molecule has 2 rings (SSSR count). The second kappa shape index (κ2) is 5.61. The molecule has 1 aliphatic rings. The van der Waals surface area contributed by atoms with E-state index in [1.165, 1.54) is 0 Å². The summed E-state index contributed by atoms with van der Waals surface area (Å²) in [7, 11) is 3.91. The summed E-state index contributed by atoms with van der Waals surface area (Å²) in [6, 6.07) is 5.57. The molecule has 1 amide bonds. The van der Waals surface area contributed by atoms with Crippen LogP contribution in [-0.4, -0.2) is 20.0 Å². The van der Waals surface area contributed by atoms with Gasteiger partial charge in [-0.25, -0.2) is 0 Å². The number of rotatable bonds is 3. The van der Waals surface area contributed by atoms with E-state index in [9.17, 15) is 4.79 Å². The zero-order chi connectivity index (χ0) is 13.1. The van der Waals surface area contributed by atoms with E-state index in [-0.39, 0.29) is 11.8 Å². The van der Waals surface area contributed by atoms with E-state index in [1.807, 2.05) is 37.2 Å². The summed E-state index contributed by atoms with van der Waals surface area (Å²) >= 11 is 5.99. The molecule has 1 fully saturated rings. The number of amides is 1. The highest BCUT2D eigenvalue weighted by Crippen LogP contribution is 2.30. The summed E-state index contributed by atoms with van der Waals surface area (Å²) in [4.78, 5) is 14.1. The van der Waals surface area contributed by atoms with E-state index in [2.05, 4.69) is 5.32 Å². The Hall–Kier alpha value is -1.22. The lowest BCUT2D eigenvalue weighted by molar-refractivity contribution is -0.119. The Labute approximate surface area is 113 Å². The number of hydrogen-bond acceptors (Lipinski definition) is 2. The second-order valence-corrected chi connectivity index (χ2v) is 5.46. The molecular formula is C14H19ClN2O. The normalized spacial score (nSPS) is 15.7. The van der Waals surface area contributed by atoms with E-state index in [1.54, 1.807) is 0 Å². The van der Waals surface area contributed by atoms with Gasteiger partial charge in [-0.3, -0.25) is 4.79 Å². The van der Waals surface area contributed by atoms with E-state index < -0.39 is 0 Å². The van der Waals surface area contributed by atoms with Crippen LogP contribution in [0, 0.1) is 5.92 Å². The molecule has 0 spiro atoms. The Bertz CT molecular complexity index is 439. The molecule has 1 aliphatic carbocycles. The van der Waals surface area contributed by atoms with Crippen molar-refractivity contribution >= 4 is 28.9 Å². The van der Waals surface area contributed by atoms with Crippen LogP contribution >= 0.6 is 11.6 Å². The van der Waals surface area contributed by atoms with Crippen LogP contribution in [0.1, 0.15) is 25.7 Å². The third-order valence-electron chi connectivity index (χ3n) is 3.42. The van der Waals surface area contributed by atoms with E-state index >= 15 is 0 Å². The molecule has 1 aromatic rings. The molecule has 0 unspecified atom stereocenters. The number of anilines is 2. The van der Waals surface area contributed by atoms with Crippen molar-refractivity contribution in [1.29, 1.82) is 0 Å². The van der Waals surface area contributed by atoms with Crippen LogP contribution < -0.4 is 10.2 Å². The number of halogens is 1. The predicted molar refractivity (Wildman–Crippen MR) is 76.4 cm³/mol. The lowest BCUT2D eigenvalue weighted by Crippen LogP contribution is -2.22. The first-order valence-electron chi connectivity index (χ1n) is 6.35. The number of carbonyl (C=O) groups is 1. The van der Waals surface area contributed by atoms with Crippen molar-refractivity contribution in [3.05, 3.63) is 23.2 Å². The molecule has 1 aromatic carbocycles. The fraction of sp³-hybridized carbons (Fsp3) is 0.500. The lowest BCUT2D eigenvalue weighted by atomic mass is 10.1. The third-order valence-corrected chi connectivity index (χ3v) is 3.66. The highest BCUT2D eigenvalue weighted by molar-refractivity contribution is 6.31. The second-order valence-electron chi connectivity index (χ2n) is 5.03. The number of carbonyl (C=O) groups excluding carboxylic acids is 1. The standard InChI is InChI=1S/C14H19ClN2O/c1-17(2)13-8-7-11(15)9-12(13)16-14(18)10-5-3-4-6-10/h7-10H,3-6H2,1-2H3,(H,16,18). The molecule has 98 valence electrons. The van der Waals surface area contributed by atoms with E-state index in [0.29, 0.717) is 5.02 Å². The fourth-order valence-electron chi connectivity index (χ4n) is 2.42. The van der Waals surface area contributed by atoms with Crippen molar-refractivity contribution in [1.82, 2.24) is 0 Å². The maximum atomic E-state index is 12.1. The van der Waals surface area contributed by atoms with E-state index in [0.717, 1.165) is 37.1 Å². The zero-order valence-corrected chi connectivity index (χ0v) is 11.6. The van der Waals surface area contributed by atoms with Gasteiger partial charge in [-0.2, -0.15) is 0 Å². The van der Waals surface area contributed by atoms with Crippen molar-refractivity contribution in [3.63, 3.8) is 0 Å². The smallest absolute Gasteiger partial charge is 0.227 e. The minimum Gasteiger partial charge on any atom is -0.376 e. The molecule has 0 radical (unpaired) electrons. The first-order valence-corrected chi connectivity index (χ1v) is 6.73. The Balaban J connectivity index is 2.16. The van der Waals surface area contributed by atoms with Gasteiger partial charge >= 0.3 is 0 Å². The molecule has 0 aliphatic heterocycles. The summed E-state index contributed by atoms with van der Waals surface area (Å²) in [6.45, 7) is 0. The van der Waals surface area contributed by atoms with Gasteiger partial charge in [-0.15, -0.1) is 0 Å². The highest BCUT2D eigenvalue weighted by atomic mass is 35.5. The van der Waals surface area contributed by atoms with Crippen LogP contribution in [0.25, 0.3) is 0 Å². The van der Waals surface area contributed by atoms with Crippen molar-refractivity contribution in [2.45, 2.75) is 25.7 Å². The minimum absolute atomic E-state index is 0.123. The SMILES string of the molecule is CN(C)c1ccc(Cl)cc1NC(=O)C1CCCC1. The van der Waals surface area contributed by atoms with Gasteiger partial charge in [0.2, 0.25) is 5.91 Å². The minimum atomic E-state index is 0.123. The van der Waals surface area contributed by atoms with E-state index in [4.69, 9.17) is 11.6 Å². The molecular weight excluding hydrogens is 248 g/mol. The summed E-state index contributed by atoms with van der Waals surface area (Å²) < 4.78 is 0. The lowest BCUT2D eigenvalue weighted by Gasteiger charge is -2.19. The van der Waals surface area contributed by atoms with Crippen LogP contribution in [0.3, 0.4) is 0 Å². The Morgan fingerprint density at radius 1 is 1.33 bits per heavy atom. The maximum absolute atomic E-state index is 12.1. The van der Waals surface area contributed by atoms with Gasteiger partial charge in [-0.1, -0.05) is 24.4 Å². The average Bonchev–Trinajstić information content (AvgIpc) is 2.81. The molecule has 0 saturated heterocycles. The predicted octanol–water partition coefficient (Wildman–Crippen LogP) is 3.53. The third kappa shape index (κ3) is 2.96. The quantitative estimate of drug-likeness (QED) is 0.908. The number of nitrogens with zero attached hydrogens (tertiary/aromatic N) is 1. The zero-order valence-electron chi connectivity index (χ0n) is 10.9. The average molecular weight is 267 g/mol. The fourth-order valence-corrected chi connectivity index (χ4v) is 2.59. The summed E-state index contributed by atoms with van der Waals surface area (Å²) in [5.41, 5.74) is 1.77. The molecule has 1 saturated carbocycles. The maximum Gasteiger partial charge on any atom is 0.227 e.